The van der Waals surface area contributed by atoms with Crippen molar-refractivity contribution in [3.8, 4) is 0 Å². The Bertz CT molecular complexity index is 594. The lowest BCUT2D eigenvalue weighted by molar-refractivity contribution is 1.05. The number of benzene rings is 1. The number of hydrogen-bond acceptors (Lipinski definition) is 3. The highest BCUT2D eigenvalue weighted by molar-refractivity contribution is 6.31. The highest BCUT2D eigenvalue weighted by atomic mass is 35.5. The van der Waals surface area contributed by atoms with E-state index in [4.69, 9.17) is 11.6 Å². The van der Waals surface area contributed by atoms with Crippen molar-refractivity contribution >= 4 is 23.1 Å². The zero-order valence-electron chi connectivity index (χ0n) is 11.0. The standard InChI is InChI=1S/C14H16ClN3/c1-8-5-6-12(9(2)7-8)18-14-13(15)16-10(3)11(4)17-14/h5-7H,1-4H3,(H,17,18). The third-order valence-corrected chi connectivity index (χ3v) is 3.16. The van der Waals surface area contributed by atoms with Crippen molar-refractivity contribution in [3.05, 3.63) is 45.9 Å². The van der Waals surface area contributed by atoms with Crippen LogP contribution in [0, 0.1) is 27.7 Å². The van der Waals surface area contributed by atoms with Crippen LogP contribution < -0.4 is 5.32 Å². The van der Waals surface area contributed by atoms with Gasteiger partial charge in [0.1, 0.15) is 0 Å². The minimum absolute atomic E-state index is 0.401. The molecule has 0 aliphatic heterocycles. The van der Waals surface area contributed by atoms with Crippen molar-refractivity contribution in [1.29, 1.82) is 0 Å². The van der Waals surface area contributed by atoms with Gasteiger partial charge in [-0.2, -0.15) is 0 Å². The van der Waals surface area contributed by atoms with Crippen molar-refractivity contribution < 1.29 is 0 Å². The lowest BCUT2D eigenvalue weighted by atomic mass is 10.1. The van der Waals surface area contributed by atoms with Crippen molar-refractivity contribution in [1.82, 2.24) is 9.97 Å². The molecule has 0 aliphatic carbocycles. The van der Waals surface area contributed by atoms with E-state index in [-0.39, 0.29) is 0 Å². The number of aromatic nitrogens is 2. The van der Waals surface area contributed by atoms with Gasteiger partial charge in [-0.25, -0.2) is 9.97 Å². The van der Waals surface area contributed by atoms with Gasteiger partial charge < -0.3 is 5.32 Å². The molecule has 0 bridgehead atoms. The smallest absolute Gasteiger partial charge is 0.172 e. The van der Waals surface area contributed by atoms with Crippen LogP contribution in [0.3, 0.4) is 0 Å². The van der Waals surface area contributed by atoms with Crippen LogP contribution in [0.2, 0.25) is 5.15 Å². The summed E-state index contributed by atoms with van der Waals surface area (Å²) >= 11 is 6.10. The first-order valence-corrected chi connectivity index (χ1v) is 6.20. The van der Waals surface area contributed by atoms with Gasteiger partial charge >= 0.3 is 0 Å². The summed E-state index contributed by atoms with van der Waals surface area (Å²) in [7, 11) is 0. The van der Waals surface area contributed by atoms with Gasteiger partial charge in [-0.3, -0.25) is 0 Å². The summed E-state index contributed by atoms with van der Waals surface area (Å²) < 4.78 is 0. The maximum absolute atomic E-state index is 6.10. The minimum atomic E-state index is 0.401. The van der Waals surface area contributed by atoms with E-state index in [1.165, 1.54) is 5.56 Å². The van der Waals surface area contributed by atoms with Gasteiger partial charge in [-0.1, -0.05) is 29.3 Å². The van der Waals surface area contributed by atoms with E-state index in [0.717, 1.165) is 22.6 Å². The topological polar surface area (TPSA) is 37.8 Å². The SMILES string of the molecule is Cc1ccc(Nc2nc(C)c(C)nc2Cl)c(C)c1. The summed E-state index contributed by atoms with van der Waals surface area (Å²) in [6, 6.07) is 6.19. The van der Waals surface area contributed by atoms with Crippen LogP contribution in [-0.2, 0) is 0 Å². The molecule has 1 heterocycles. The zero-order valence-corrected chi connectivity index (χ0v) is 11.8. The predicted octanol–water partition coefficient (Wildman–Crippen LogP) is 4.11. The van der Waals surface area contributed by atoms with E-state index >= 15 is 0 Å². The largest absolute Gasteiger partial charge is 0.337 e. The van der Waals surface area contributed by atoms with Crippen molar-refractivity contribution in [2.75, 3.05) is 5.32 Å². The summed E-state index contributed by atoms with van der Waals surface area (Å²) in [5.41, 5.74) is 5.12. The van der Waals surface area contributed by atoms with Gasteiger partial charge in [0.2, 0.25) is 0 Å². The molecule has 0 aliphatic rings. The van der Waals surface area contributed by atoms with Crippen LogP contribution >= 0.6 is 11.6 Å². The molecule has 0 saturated carbocycles. The van der Waals surface area contributed by atoms with Crippen molar-refractivity contribution in [3.63, 3.8) is 0 Å². The minimum Gasteiger partial charge on any atom is -0.337 e. The Morgan fingerprint density at radius 2 is 1.67 bits per heavy atom. The fraction of sp³-hybridized carbons (Fsp3) is 0.286. The molecule has 0 unspecified atom stereocenters. The third-order valence-electron chi connectivity index (χ3n) is 2.90. The first-order chi connectivity index (χ1) is 8.47. The summed E-state index contributed by atoms with van der Waals surface area (Å²) in [6.07, 6.45) is 0. The molecule has 1 aromatic carbocycles. The van der Waals surface area contributed by atoms with Gasteiger partial charge in [-0.15, -0.1) is 0 Å². The summed E-state index contributed by atoms with van der Waals surface area (Å²) in [4.78, 5) is 8.68. The van der Waals surface area contributed by atoms with Gasteiger partial charge in [-0.05, 0) is 39.3 Å². The lowest BCUT2D eigenvalue weighted by Crippen LogP contribution is -2.01. The molecule has 94 valence electrons. The Morgan fingerprint density at radius 1 is 1.00 bits per heavy atom. The second kappa shape index (κ2) is 4.94. The van der Waals surface area contributed by atoms with E-state index in [1.54, 1.807) is 0 Å². The molecular weight excluding hydrogens is 246 g/mol. The average Bonchev–Trinajstić information content (AvgIpc) is 2.29. The Morgan fingerprint density at radius 3 is 2.33 bits per heavy atom. The van der Waals surface area contributed by atoms with Gasteiger partial charge in [0.05, 0.1) is 11.4 Å². The van der Waals surface area contributed by atoms with Crippen LogP contribution in [-0.4, -0.2) is 9.97 Å². The fourth-order valence-corrected chi connectivity index (χ4v) is 1.95. The van der Waals surface area contributed by atoms with E-state index in [2.05, 4.69) is 41.3 Å². The molecule has 0 spiro atoms. The maximum Gasteiger partial charge on any atom is 0.172 e. The quantitative estimate of drug-likeness (QED) is 0.884. The number of aryl methyl sites for hydroxylation is 4. The number of nitrogens with zero attached hydrogens (tertiary/aromatic N) is 2. The first kappa shape index (κ1) is 12.8. The van der Waals surface area contributed by atoms with Gasteiger partial charge in [0, 0.05) is 5.69 Å². The zero-order chi connectivity index (χ0) is 13.3. The van der Waals surface area contributed by atoms with E-state index in [1.807, 2.05) is 19.9 Å². The molecule has 18 heavy (non-hydrogen) atoms. The van der Waals surface area contributed by atoms with Crippen LogP contribution in [0.15, 0.2) is 18.2 Å². The summed E-state index contributed by atoms with van der Waals surface area (Å²) in [5.74, 6) is 0.603. The van der Waals surface area contributed by atoms with Crippen LogP contribution in [0.4, 0.5) is 11.5 Å². The molecule has 0 saturated heterocycles. The molecule has 3 nitrogen and oxygen atoms in total. The van der Waals surface area contributed by atoms with E-state index in [0.29, 0.717) is 11.0 Å². The van der Waals surface area contributed by atoms with Crippen LogP contribution in [0.25, 0.3) is 0 Å². The van der Waals surface area contributed by atoms with E-state index in [9.17, 15) is 0 Å². The number of halogens is 1. The van der Waals surface area contributed by atoms with E-state index < -0.39 is 0 Å². The molecule has 2 aromatic rings. The lowest BCUT2D eigenvalue weighted by Gasteiger charge is -2.11. The molecule has 0 atom stereocenters. The Balaban J connectivity index is 2.37. The summed E-state index contributed by atoms with van der Waals surface area (Å²) in [5, 5.41) is 3.63. The van der Waals surface area contributed by atoms with Gasteiger partial charge in [0.25, 0.3) is 0 Å². The molecule has 0 amide bonds. The normalized spacial score (nSPS) is 10.5. The Kier molecular flexibility index (Phi) is 3.53. The molecule has 0 fully saturated rings. The number of hydrogen-bond donors (Lipinski definition) is 1. The van der Waals surface area contributed by atoms with Crippen molar-refractivity contribution in [2.24, 2.45) is 0 Å². The maximum atomic E-state index is 6.10. The third kappa shape index (κ3) is 2.62. The predicted molar refractivity (Wildman–Crippen MR) is 75.7 cm³/mol. The molecule has 0 radical (unpaired) electrons. The highest BCUT2D eigenvalue weighted by Gasteiger charge is 2.08. The monoisotopic (exact) mass is 261 g/mol. The van der Waals surface area contributed by atoms with Crippen LogP contribution in [0.5, 0.6) is 0 Å². The molecule has 2 rings (SSSR count). The first-order valence-electron chi connectivity index (χ1n) is 5.82. The number of anilines is 2. The van der Waals surface area contributed by atoms with Crippen LogP contribution in [0.1, 0.15) is 22.5 Å². The number of nitrogens with one attached hydrogen (secondary N) is 1. The Labute approximate surface area is 112 Å². The van der Waals surface area contributed by atoms with Gasteiger partial charge in [0.15, 0.2) is 11.0 Å². The number of rotatable bonds is 2. The second-order valence-electron chi connectivity index (χ2n) is 4.48. The molecular formula is C14H16ClN3. The molecule has 4 heteroatoms. The molecule has 1 N–H and O–H groups in total. The fourth-order valence-electron chi connectivity index (χ4n) is 1.74. The summed E-state index contributed by atoms with van der Waals surface area (Å²) in [6.45, 7) is 7.94. The highest BCUT2D eigenvalue weighted by Crippen LogP contribution is 2.25. The average molecular weight is 262 g/mol. The molecule has 1 aromatic heterocycles. The van der Waals surface area contributed by atoms with Crippen molar-refractivity contribution in [2.45, 2.75) is 27.7 Å². The Hall–Kier alpha value is -1.61. The second-order valence-corrected chi connectivity index (χ2v) is 4.84.